The number of hydrogen-bond donors (Lipinski definition) is 0. The fraction of sp³-hybridized carbons (Fsp3) is 0.0500. The van der Waals surface area contributed by atoms with E-state index in [0.29, 0.717) is 4.90 Å². The van der Waals surface area contributed by atoms with E-state index in [0.717, 1.165) is 10.5 Å². The largest absolute Gasteiger partial charge is 0.289 e. The molecule has 0 amide bonds. The first-order valence-corrected chi connectivity index (χ1v) is 10.5. The van der Waals surface area contributed by atoms with Crippen LogP contribution in [-0.2, 0) is 9.84 Å². The van der Waals surface area contributed by atoms with Crippen molar-refractivity contribution in [1.82, 2.24) is 0 Å². The normalized spacial score (nSPS) is 14.6. The zero-order valence-corrected chi connectivity index (χ0v) is 16.1. The van der Waals surface area contributed by atoms with Gasteiger partial charge in [0.1, 0.15) is 4.90 Å². The van der Waals surface area contributed by atoms with Crippen molar-refractivity contribution in [3.8, 4) is 0 Å². The van der Waals surface area contributed by atoms with E-state index in [1.165, 1.54) is 23.9 Å². The van der Waals surface area contributed by atoms with Gasteiger partial charge in [-0.05, 0) is 43.3 Å². The van der Waals surface area contributed by atoms with Gasteiger partial charge in [0, 0.05) is 20.9 Å². The van der Waals surface area contributed by atoms with Crippen LogP contribution in [0.1, 0.15) is 21.5 Å². The molecule has 1 heterocycles. The molecule has 0 unspecified atom stereocenters. The number of sulfone groups is 1. The highest BCUT2D eigenvalue weighted by Gasteiger charge is 2.37. The van der Waals surface area contributed by atoms with E-state index in [4.69, 9.17) is 11.6 Å². The molecular formula is C20H13ClO3S2. The zero-order chi connectivity index (χ0) is 18.5. The molecule has 3 aromatic carbocycles. The summed E-state index contributed by atoms with van der Waals surface area (Å²) in [6.07, 6.45) is 0. The Balaban J connectivity index is 1.90. The molecule has 0 spiro atoms. The molecule has 0 bridgehead atoms. The molecule has 3 aromatic rings. The summed E-state index contributed by atoms with van der Waals surface area (Å²) in [5, 5.41) is 0.0943. The van der Waals surface area contributed by atoms with Crippen LogP contribution >= 0.6 is 23.4 Å². The molecule has 0 N–H and O–H groups in total. The highest BCUT2D eigenvalue weighted by Crippen LogP contribution is 2.43. The van der Waals surface area contributed by atoms with Crippen LogP contribution in [0.5, 0.6) is 0 Å². The Hall–Kier alpha value is -2.08. The van der Waals surface area contributed by atoms with Gasteiger partial charge in [0.2, 0.25) is 9.84 Å². The van der Waals surface area contributed by atoms with Gasteiger partial charge in [-0.15, -0.1) is 0 Å². The first kappa shape index (κ1) is 17.3. The van der Waals surface area contributed by atoms with Crippen molar-refractivity contribution in [2.45, 2.75) is 26.5 Å². The van der Waals surface area contributed by atoms with E-state index in [9.17, 15) is 13.2 Å². The predicted molar refractivity (Wildman–Crippen MR) is 102 cm³/mol. The molecule has 26 heavy (non-hydrogen) atoms. The third-order valence-electron chi connectivity index (χ3n) is 4.21. The van der Waals surface area contributed by atoms with E-state index >= 15 is 0 Å². The quantitative estimate of drug-likeness (QED) is 0.465. The van der Waals surface area contributed by atoms with Crippen molar-refractivity contribution >= 4 is 39.0 Å². The maximum atomic E-state index is 13.1. The number of carbonyl (C=O) groups excluding carboxylic acids is 1. The van der Waals surface area contributed by atoms with Crippen LogP contribution in [0, 0.1) is 6.92 Å². The van der Waals surface area contributed by atoms with Crippen molar-refractivity contribution < 1.29 is 13.2 Å². The fourth-order valence-corrected chi connectivity index (χ4v) is 6.35. The second-order valence-corrected chi connectivity index (χ2v) is 9.35. The molecule has 3 nitrogen and oxygen atoms in total. The molecule has 1 aliphatic heterocycles. The van der Waals surface area contributed by atoms with Gasteiger partial charge in [0.15, 0.2) is 5.78 Å². The van der Waals surface area contributed by atoms with Gasteiger partial charge in [-0.2, -0.15) is 0 Å². The highest BCUT2D eigenvalue weighted by molar-refractivity contribution is 7.99. The average Bonchev–Trinajstić information content (AvgIpc) is 2.61. The van der Waals surface area contributed by atoms with Crippen molar-refractivity contribution in [3.63, 3.8) is 0 Å². The van der Waals surface area contributed by atoms with Crippen LogP contribution < -0.4 is 0 Å². The lowest BCUT2D eigenvalue weighted by Gasteiger charge is -2.21. The second kappa shape index (κ2) is 6.27. The van der Waals surface area contributed by atoms with Crippen molar-refractivity contribution in [2.75, 3.05) is 0 Å². The number of carbonyl (C=O) groups is 1. The van der Waals surface area contributed by atoms with E-state index in [1.54, 1.807) is 24.3 Å². The maximum absolute atomic E-state index is 13.1. The average molecular weight is 401 g/mol. The lowest BCUT2D eigenvalue weighted by molar-refractivity contribution is 0.103. The SMILES string of the molecule is Cc1cccc(Sc2ccc3c(c2Cl)S(=O)(=O)c2ccccc2C3=O)c1. The van der Waals surface area contributed by atoms with Crippen LogP contribution in [-0.4, -0.2) is 14.2 Å². The highest BCUT2D eigenvalue weighted by atomic mass is 35.5. The number of benzene rings is 3. The Kier molecular flexibility index (Phi) is 4.18. The van der Waals surface area contributed by atoms with Crippen molar-refractivity contribution in [1.29, 1.82) is 0 Å². The van der Waals surface area contributed by atoms with Gasteiger partial charge in [0.25, 0.3) is 0 Å². The van der Waals surface area contributed by atoms with Gasteiger partial charge in [-0.25, -0.2) is 8.42 Å². The summed E-state index contributed by atoms with van der Waals surface area (Å²) in [7, 11) is -3.85. The maximum Gasteiger partial charge on any atom is 0.209 e. The Labute approximate surface area is 160 Å². The molecule has 0 radical (unpaired) electrons. The third kappa shape index (κ3) is 2.67. The van der Waals surface area contributed by atoms with E-state index in [2.05, 4.69) is 0 Å². The predicted octanol–water partition coefficient (Wildman–Crippen LogP) is 5.18. The van der Waals surface area contributed by atoms with Crippen LogP contribution in [0.4, 0.5) is 0 Å². The monoisotopic (exact) mass is 400 g/mol. The van der Waals surface area contributed by atoms with E-state index in [-0.39, 0.29) is 31.7 Å². The minimum absolute atomic E-state index is 0.0112. The molecule has 0 fully saturated rings. The Morgan fingerprint density at radius 2 is 1.69 bits per heavy atom. The molecule has 4 rings (SSSR count). The summed E-state index contributed by atoms with van der Waals surface area (Å²) in [6, 6.07) is 17.3. The van der Waals surface area contributed by atoms with Crippen LogP contribution in [0.3, 0.4) is 0 Å². The topological polar surface area (TPSA) is 51.2 Å². The smallest absolute Gasteiger partial charge is 0.209 e. The third-order valence-corrected chi connectivity index (χ3v) is 7.78. The zero-order valence-electron chi connectivity index (χ0n) is 13.7. The first-order chi connectivity index (χ1) is 12.4. The molecule has 0 aromatic heterocycles. The summed E-state index contributed by atoms with van der Waals surface area (Å²) in [5.74, 6) is -0.320. The van der Waals surface area contributed by atoms with Crippen LogP contribution in [0.2, 0.25) is 5.02 Å². The van der Waals surface area contributed by atoms with Crippen LogP contribution in [0.25, 0.3) is 0 Å². The van der Waals surface area contributed by atoms with Gasteiger partial charge < -0.3 is 0 Å². The number of fused-ring (bicyclic) bond motifs is 2. The molecule has 0 saturated heterocycles. The lowest BCUT2D eigenvalue weighted by Crippen LogP contribution is -2.20. The van der Waals surface area contributed by atoms with E-state index < -0.39 is 9.84 Å². The second-order valence-electron chi connectivity index (χ2n) is 6.00. The summed E-state index contributed by atoms with van der Waals surface area (Å²) in [4.78, 5) is 14.2. The number of halogens is 1. The molecule has 0 saturated carbocycles. The first-order valence-electron chi connectivity index (χ1n) is 7.85. The minimum atomic E-state index is -3.85. The van der Waals surface area contributed by atoms with Gasteiger partial charge in [0.05, 0.1) is 9.92 Å². The van der Waals surface area contributed by atoms with Gasteiger partial charge in [-0.1, -0.05) is 53.2 Å². The Morgan fingerprint density at radius 1 is 0.923 bits per heavy atom. The number of rotatable bonds is 2. The van der Waals surface area contributed by atoms with Crippen molar-refractivity contribution in [3.05, 3.63) is 82.4 Å². The molecule has 0 atom stereocenters. The fourth-order valence-electron chi connectivity index (χ4n) is 3.01. The van der Waals surface area contributed by atoms with E-state index in [1.807, 2.05) is 31.2 Å². The summed E-state index contributed by atoms with van der Waals surface area (Å²) in [6.45, 7) is 1.98. The lowest BCUT2D eigenvalue weighted by atomic mass is 10.0. The number of aryl methyl sites for hydroxylation is 1. The summed E-state index contributed by atoms with van der Waals surface area (Å²) in [5.41, 5.74) is 1.42. The summed E-state index contributed by atoms with van der Waals surface area (Å²) >= 11 is 7.86. The minimum Gasteiger partial charge on any atom is -0.289 e. The molecule has 1 aliphatic rings. The molecule has 0 aliphatic carbocycles. The van der Waals surface area contributed by atoms with Gasteiger partial charge in [-0.3, -0.25) is 4.79 Å². The standard InChI is InChI=1S/C20H13ClO3S2/c1-12-5-4-6-13(11-12)25-16-10-9-15-19(22)14-7-2-3-8-17(14)26(23,24)20(15)18(16)21/h2-11H,1H3. The molecular weight excluding hydrogens is 388 g/mol. The van der Waals surface area contributed by atoms with Crippen LogP contribution in [0.15, 0.2) is 80.2 Å². The Bertz CT molecular complexity index is 1170. The molecule has 6 heteroatoms. The molecule has 130 valence electrons. The van der Waals surface area contributed by atoms with Crippen molar-refractivity contribution in [2.24, 2.45) is 0 Å². The Morgan fingerprint density at radius 3 is 2.46 bits per heavy atom. The van der Waals surface area contributed by atoms with Gasteiger partial charge >= 0.3 is 0 Å². The number of hydrogen-bond acceptors (Lipinski definition) is 4. The summed E-state index contributed by atoms with van der Waals surface area (Å²) < 4.78 is 26.1. The number of ketones is 1.